The molecule has 5 heteroatoms. The molecule has 0 bridgehead atoms. The van der Waals surface area contributed by atoms with Gasteiger partial charge >= 0.3 is 0 Å². The van der Waals surface area contributed by atoms with Crippen molar-refractivity contribution in [1.82, 2.24) is 5.32 Å². The monoisotopic (exact) mass is 313 g/mol. The third-order valence-electron chi connectivity index (χ3n) is 2.82. The van der Waals surface area contributed by atoms with Crippen LogP contribution in [0.15, 0.2) is 18.2 Å². The van der Waals surface area contributed by atoms with Crippen LogP contribution in [0, 0.1) is 0 Å². The van der Waals surface area contributed by atoms with Crippen LogP contribution in [0.1, 0.15) is 30.1 Å². The summed E-state index contributed by atoms with van der Waals surface area (Å²) in [6.07, 6.45) is 1.98. The predicted octanol–water partition coefficient (Wildman–Crippen LogP) is 2.71. The first kappa shape index (κ1) is 13.2. The number of hydrogen-bond donors (Lipinski definition) is 1. The Balaban J connectivity index is 1.89. The summed E-state index contributed by atoms with van der Waals surface area (Å²) < 4.78 is 10.4. The Hall–Kier alpha value is -1.23. The van der Waals surface area contributed by atoms with E-state index in [-0.39, 0.29) is 12.7 Å². The van der Waals surface area contributed by atoms with Gasteiger partial charge in [0.25, 0.3) is 5.91 Å². The van der Waals surface area contributed by atoms with Gasteiger partial charge in [-0.15, -0.1) is 0 Å². The molecule has 4 nitrogen and oxygen atoms in total. The fourth-order valence-electron chi connectivity index (χ4n) is 1.69. The largest absolute Gasteiger partial charge is 0.454 e. The molecule has 0 saturated heterocycles. The van der Waals surface area contributed by atoms with E-state index >= 15 is 0 Å². The summed E-state index contributed by atoms with van der Waals surface area (Å²) in [7, 11) is 0. The van der Waals surface area contributed by atoms with Crippen LogP contribution in [0.4, 0.5) is 0 Å². The summed E-state index contributed by atoms with van der Waals surface area (Å²) in [4.78, 5) is 12.3. The summed E-state index contributed by atoms with van der Waals surface area (Å²) in [6, 6.07) is 5.22. The van der Waals surface area contributed by atoms with E-state index in [9.17, 15) is 4.79 Å². The smallest absolute Gasteiger partial charge is 0.251 e. The molecule has 98 valence electrons. The average Bonchev–Trinajstić information content (AvgIpc) is 2.85. The van der Waals surface area contributed by atoms with Crippen molar-refractivity contribution >= 4 is 21.8 Å². The van der Waals surface area contributed by atoms with Crippen LogP contribution in [0.5, 0.6) is 11.5 Å². The highest BCUT2D eigenvalue weighted by molar-refractivity contribution is 9.09. The van der Waals surface area contributed by atoms with E-state index in [0.29, 0.717) is 28.4 Å². The lowest BCUT2D eigenvalue weighted by Crippen LogP contribution is -2.25. The van der Waals surface area contributed by atoms with E-state index in [4.69, 9.17) is 9.47 Å². The number of fused-ring (bicyclic) bond motifs is 1. The van der Waals surface area contributed by atoms with E-state index in [0.717, 1.165) is 12.8 Å². The molecule has 0 aromatic heterocycles. The molecule has 2 rings (SSSR count). The minimum absolute atomic E-state index is 0.0795. The number of carbonyl (C=O) groups is 1. The van der Waals surface area contributed by atoms with E-state index in [1.54, 1.807) is 18.2 Å². The zero-order chi connectivity index (χ0) is 13.0. The van der Waals surface area contributed by atoms with Gasteiger partial charge in [0.2, 0.25) is 6.79 Å². The normalized spacial score (nSPS) is 14.3. The number of hydrogen-bond acceptors (Lipinski definition) is 3. The van der Waals surface area contributed by atoms with Gasteiger partial charge in [-0.05, 0) is 31.0 Å². The molecule has 1 aromatic carbocycles. The molecule has 0 fully saturated rings. The Morgan fingerprint density at radius 1 is 1.44 bits per heavy atom. The fourth-order valence-corrected chi connectivity index (χ4v) is 1.92. The molecule has 0 spiro atoms. The van der Waals surface area contributed by atoms with Crippen molar-refractivity contribution < 1.29 is 14.3 Å². The van der Waals surface area contributed by atoms with Crippen molar-refractivity contribution in [2.45, 2.75) is 24.6 Å². The molecule has 1 unspecified atom stereocenters. The van der Waals surface area contributed by atoms with Crippen LogP contribution < -0.4 is 14.8 Å². The number of benzene rings is 1. The maximum atomic E-state index is 11.9. The van der Waals surface area contributed by atoms with Crippen molar-refractivity contribution in [2.24, 2.45) is 0 Å². The van der Waals surface area contributed by atoms with Gasteiger partial charge < -0.3 is 14.8 Å². The zero-order valence-electron chi connectivity index (χ0n) is 10.2. The Labute approximate surface area is 115 Å². The molecule has 18 heavy (non-hydrogen) atoms. The van der Waals surface area contributed by atoms with Crippen LogP contribution in [-0.4, -0.2) is 24.1 Å². The first-order valence-electron chi connectivity index (χ1n) is 6.02. The fraction of sp³-hybridized carbons (Fsp3) is 0.462. The van der Waals surface area contributed by atoms with Crippen LogP contribution >= 0.6 is 15.9 Å². The van der Waals surface area contributed by atoms with E-state index in [1.165, 1.54) is 0 Å². The summed E-state index contributed by atoms with van der Waals surface area (Å²) >= 11 is 3.54. The van der Waals surface area contributed by atoms with Crippen LogP contribution in [0.3, 0.4) is 0 Å². The van der Waals surface area contributed by atoms with Crippen LogP contribution in [0.2, 0.25) is 0 Å². The van der Waals surface area contributed by atoms with Crippen LogP contribution in [-0.2, 0) is 0 Å². The maximum Gasteiger partial charge on any atom is 0.251 e. The molecule has 0 radical (unpaired) electrons. The number of halogens is 1. The quantitative estimate of drug-likeness (QED) is 0.850. The number of nitrogens with one attached hydrogen (secondary N) is 1. The van der Waals surface area contributed by atoms with Crippen LogP contribution in [0.25, 0.3) is 0 Å². The number of amides is 1. The predicted molar refractivity (Wildman–Crippen MR) is 72.5 cm³/mol. The number of rotatable bonds is 5. The second-order valence-electron chi connectivity index (χ2n) is 4.12. The van der Waals surface area contributed by atoms with Crippen molar-refractivity contribution in [3.8, 4) is 11.5 Å². The SMILES string of the molecule is CCC(Br)CCNC(=O)c1ccc2c(c1)OCO2. The summed E-state index contributed by atoms with van der Waals surface area (Å²) in [5.74, 6) is 1.25. The molecule has 0 saturated carbocycles. The first-order valence-corrected chi connectivity index (χ1v) is 6.94. The second kappa shape index (κ2) is 6.09. The summed E-state index contributed by atoms with van der Waals surface area (Å²) in [5, 5.41) is 2.89. The molecule has 0 aliphatic carbocycles. The van der Waals surface area contributed by atoms with Gasteiger partial charge in [0.05, 0.1) is 0 Å². The maximum absolute atomic E-state index is 11.9. The van der Waals surface area contributed by atoms with Gasteiger partial charge in [-0.1, -0.05) is 22.9 Å². The Morgan fingerprint density at radius 2 is 2.22 bits per heavy atom. The molecule has 1 heterocycles. The molecule has 1 aliphatic rings. The zero-order valence-corrected chi connectivity index (χ0v) is 11.8. The standard InChI is InChI=1S/C13H16BrNO3/c1-2-10(14)5-6-15-13(16)9-3-4-11-12(7-9)18-8-17-11/h3-4,7,10H,2,5-6,8H2,1H3,(H,15,16). The molecule has 1 aliphatic heterocycles. The Bertz CT molecular complexity index is 436. The molecular weight excluding hydrogens is 298 g/mol. The number of ether oxygens (including phenoxy) is 2. The lowest BCUT2D eigenvalue weighted by atomic mass is 10.2. The third-order valence-corrected chi connectivity index (χ3v) is 3.93. The van der Waals surface area contributed by atoms with Crippen molar-refractivity contribution in [3.63, 3.8) is 0 Å². The minimum atomic E-state index is -0.0795. The van der Waals surface area contributed by atoms with Gasteiger partial charge in [-0.3, -0.25) is 4.79 Å². The highest BCUT2D eigenvalue weighted by Gasteiger charge is 2.16. The van der Waals surface area contributed by atoms with Gasteiger partial charge in [-0.25, -0.2) is 0 Å². The second-order valence-corrected chi connectivity index (χ2v) is 5.41. The Kier molecular flexibility index (Phi) is 4.47. The summed E-state index contributed by atoms with van der Waals surface area (Å²) in [6.45, 7) is 3.00. The lowest BCUT2D eigenvalue weighted by Gasteiger charge is -2.08. The molecule has 1 amide bonds. The summed E-state index contributed by atoms with van der Waals surface area (Å²) in [5.41, 5.74) is 0.599. The van der Waals surface area contributed by atoms with E-state index < -0.39 is 0 Å². The van der Waals surface area contributed by atoms with Crippen molar-refractivity contribution in [3.05, 3.63) is 23.8 Å². The molecular formula is C13H16BrNO3. The first-order chi connectivity index (χ1) is 8.70. The van der Waals surface area contributed by atoms with Gasteiger partial charge in [0, 0.05) is 16.9 Å². The third kappa shape index (κ3) is 3.16. The van der Waals surface area contributed by atoms with E-state index in [2.05, 4.69) is 28.2 Å². The highest BCUT2D eigenvalue weighted by Crippen LogP contribution is 2.32. The van der Waals surface area contributed by atoms with Gasteiger partial charge in [-0.2, -0.15) is 0 Å². The molecule has 1 N–H and O–H groups in total. The Morgan fingerprint density at radius 3 is 3.00 bits per heavy atom. The highest BCUT2D eigenvalue weighted by atomic mass is 79.9. The number of alkyl halides is 1. The van der Waals surface area contributed by atoms with Crippen molar-refractivity contribution in [1.29, 1.82) is 0 Å². The van der Waals surface area contributed by atoms with Gasteiger partial charge in [0.1, 0.15) is 0 Å². The lowest BCUT2D eigenvalue weighted by molar-refractivity contribution is 0.0952. The molecule has 1 aromatic rings. The topological polar surface area (TPSA) is 47.6 Å². The average molecular weight is 314 g/mol. The van der Waals surface area contributed by atoms with Crippen molar-refractivity contribution in [2.75, 3.05) is 13.3 Å². The molecule has 1 atom stereocenters. The van der Waals surface area contributed by atoms with Gasteiger partial charge in [0.15, 0.2) is 11.5 Å². The minimum Gasteiger partial charge on any atom is -0.454 e. The number of carbonyl (C=O) groups excluding carboxylic acids is 1. The van der Waals surface area contributed by atoms with E-state index in [1.807, 2.05) is 0 Å².